The average molecular weight is 330 g/mol. The first-order valence-electron chi connectivity index (χ1n) is 9.00. The third-order valence-electron chi connectivity index (χ3n) is 5.25. The van der Waals surface area contributed by atoms with E-state index in [0.717, 1.165) is 45.7 Å². The van der Waals surface area contributed by atoms with Crippen LogP contribution >= 0.6 is 11.8 Å². The maximum Gasteiger partial charge on any atom is 0.0900 e. The Kier molecular flexibility index (Phi) is 6.45. The smallest absolute Gasteiger partial charge is 0.0900 e. The second-order valence-corrected chi connectivity index (χ2v) is 8.69. The molecule has 3 rings (SSSR count). The van der Waals surface area contributed by atoms with Gasteiger partial charge in [0, 0.05) is 43.3 Å². The van der Waals surface area contributed by atoms with Gasteiger partial charge < -0.3 is 14.6 Å². The van der Waals surface area contributed by atoms with Gasteiger partial charge in [-0.3, -0.25) is 4.90 Å². The molecule has 2 aliphatic heterocycles. The summed E-state index contributed by atoms with van der Waals surface area (Å²) in [6.07, 6.45) is 8.77. The lowest BCUT2D eigenvalue weighted by atomic mass is 9.87. The summed E-state index contributed by atoms with van der Waals surface area (Å²) in [6, 6.07) is 0. The van der Waals surface area contributed by atoms with Crippen molar-refractivity contribution in [2.75, 3.05) is 45.2 Å². The molecule has 4 nitrogen and oxygen atoms in total. The van der Waals surface area contributed by atoms with Crippen LogP contribution in [0.15, 0.2) is 0 Å². The van der Waals surface area contributed by atoms with Crippen LogP contribution in [-0.2, 0) is 9.47 Å². The van der Waals surface area contributed by atoms with Crippen LogP contribution in [0.2, 0.25) is 0 Å². The summed E-state index contributed by atoms with van der Waals surface area (Å²) < 4.78 is 11.7. The van der Waals surface area contributed by atoms with Crippen molar-refractivity contribution in [1.82, 2.24) is 4.90 Å². The quantitative estimate of drug-likeness (QED) is 0.838. The summed E-state index contributed by atoms with van der Waals surface area (Å²) in [4.78, 5) is 2.47. The predicted molar refractivity (Wildman–Crippen MR) is 90.5 cm³/mol. The highest BCUT2D eigenvalue weighted by Gasteiger charge is 2.37. The number of ether oxygens (including phenoxy) is 2. The van der Waals surface area contributed by atoms with Gasteiger partial charge in [0.1, 0.15) is 0 Å². The molecule has 1 N–H and O–H groups in total. The SMILES string of the molecule is OC(COC1CCOCC1)CN1CCSC2(CCCCC2)C1. The van der Waals surface area contributed by atoms with E-state index in [9.17, 15) is 5.11 Å². The molecule has 0 aromatic heterocycles. The lowest BCUT2D eigenvalue weighted by Gasteiger charge is -2.45. The van der Waals surface area contributed by atoms with Crippen LogP contribution in [0.25, 0.3) is 0 Å². The van der Waals surface area contributed by atoms with Gasteiger partial charge in [-0.15, -0.1) is 0 Å². The van der Waals surface area contributed by atoms with E-state index < -0.39 is 0 Å². The van der Waals surface area contributed by atoms with Crippen LogP contribution in [0.3, 0.4) is 0 Å². The molecule has 1 saturated carbocycles. The Hall–Kier alpha value is 0.190. The maximum absolute atomic E-state index is 10.3. The number of hydrogen-bond donors (Lipinski definition) is 1. The van der Waals surface area contributed by atoms with Crippen LogP contribution in [-0.4, -0.2) is 72.2 Å². The summed E-state index contributed by atoms with van der Waals surface area (Å²) in [7, 11) is 0. The highest BCUT2D eigenvalue weighted by atomic mass is 32.2. The lowest BCUT2D eigenvalue weighted by Crippen LogP contribution is -2.50. The van der Waals surface area contributed by atoms with Crippen LogP contribution in [0.4, 0.5) is 0 Å². The average Bonchev–Trinajstić information content (AvgIpc) is 2.55. The van der Waals surface area contributed by atoms with Gasteiger partial charge in [-0.1, -0.05) is 19.3 Å². The third-order valence-corrected chi connectivity index (χ3v) is 6.79. The molecule has 3 fully saturated rings. The number of aliphatic hydroxyl groups is 1. The molecule has 1 atom stereocenters. The highest BCUT2D eigenvalue weighted by Crippen LogP contribution is 2.42. The Morgan fingerprint density at radius 1 is 1.23 bits per heavy atom. The maximum atomic E-state index is 10.3. The largest absolute Gasteiger partial charge is 0.389 e. The molecular weight excluding hydrogens is 298 g/mol. The fourth-order valence-corrected chi connectivity index (χ4v) is 5.65. The number of rotatable bonds is 5. The van der Waals surface area contributed by atoms with Gasteiger partial charge in [0.25, 0.3) is 0 Å². The van der Waals surface area contributed by atoms with Gasteiger partial charge in [0.15, 0.2) is 0 Å². The Morgan fingerprint density at radius 2 is 2.00 bits per heavy atom. The van der Waals surface area contributed by atoms with E-state index in [1.807, 2.05) is 0 Å². The highest BCUT2D eigenvalue weighted by molar-refractivity contribution is 8.00. The van der Waals surface area contributed by atoms with Crippen molar-refractivity contribution in [1.29, 1.82) is 0 Å². The molecule has 0 radical (unpaired) electrons. The zero-order valence-electron chi connectivity index (χ0n) is 13.7. The number of hydrogen-bond acceptors (Lipinski definition) is 5. The summed E-state index contributed by atoms with van der Waals surface area (Å²) in [5.41, 5.74) is 0. The summed E-state index contributed by atoms with van der Waals surface area (Å²) in [5.74, 6) is 1.22. The Labute approximate surface area is 138 Å². The standard InChI is InChI=1S/C17H31NO3S/c19-15(13-21-16-4-9-20-10-5-16)12-18-8-11-22-17(14-18)6-2-1-3-7-17/h15-16,19H,1-14H2. The molecule has 1 spiro atoms. The predicted octanol–water partition coefficient (Wildman–Crippen LogP) is 2.29. The van der Waals surface area contributed by atoms with E-state index in [-0.39, 0.29) is 12.2 Å². The van der Waals surface area contributed by atoms with E-state index in [1.165, 1.54) is 37.9 Å². The molecule has 22 heavy (non-hydrogen) atoms. The normalized spacial score (nSPS) is 28.8. The monoisotopic (exact) mass is 329 g/mol. The minimum Gasteiger partial charge on any atom is -0.389 e. The number of β-amino-alcohol motifs (C(OH)–C–C–N with tert-alkyl or cyclic N) is 1. The van der Waals surface area contributed by atoms with Gasteiger partial charge in [-0.25, -0.2) is 0 Å². The first-order chi connectivity index (χ1) is 10.8. The molecule has 0 aromatic carbocycles. The lowest BCUT2D eigenvalue weighted by molar-refractivity contribution is -0.0645. The van der Waals surface area contributed by atoms with Gasteiger partial charge >= 0.3 is 0 Å². The second-order valence-electron chi connectivity index (χ2n) is 7.13. The van der Waals surface area contributed by atoms with E-state index in [0.29, 0.717) is 11.4 Å². The molecule has 1 aliphatic carbocycles. The third kappa shape index (κ3) is 4.84. The Bertz CT molecular complexity index is 324. The van der Waals surface area contributed by atoms with E-state index in [2.05, 4.69) is 16.7 Å². The zero-order chi connectivity index (χ0) is 15.3. The molecule has 0 bridgehead atoms. The second kappa shape index (κ2) is 8.34. The van der Waals surface area contributed by atoms with Crippen molar-refractivity contribution in [3.63, 3.8) is 0 Å². The summed E-state index contributed by atoms with van der Waals surface area (Å²) in [6.45, 7) is 5.11. The van der Waals surface area contributed by atoms with E-state index >= 15 is 0 Å². The fourth-order valence-electron chi connectivity index (χ4n) is 4.02. The zero-order valence-corrected chi connectivity index (χ0v) is 14.5. The Balaban J connectivity index is 1.39. The number of thioether (sulfide) groups is 1. The van der Waals surface area contributed by atoms with Gasteiger partial charge in [0.2, 0.25) is 0 Å². The molecular formula is C17H31NO3S. The van der Waals surface area contributed by atoms with Crippen molar-refractivity contribution < 1.29 is 14.6 Å². The Morgan fingerprint density at radius 3 is 2.77 bits per heavy atom. The molecule has 2 heterocycles. The molecule has 0 aromatic rings. The van der Waals surface area contributed by atoms with Crippen molar-refractivity contribution >= 4 is 11.8 Å². The van der Waals surface area contributed by atoms with Gasteiger partial charge in [-0.05, 0) is 25.7 Å². The molecule has 0 amide bonds. The minimum absolute atomic E-state index is 0.282. The van der Waals surface area contributed by atoms with Crippen LogP contribution in [0.1, 0.15) is 44.9 Å². The van der Waals surface area contributed by atoms with Crippen LogP contribution < -0.4 is 0 Å². The van der Waals surface area contributed by atoms with Gasteiger partial charge in [-0.2, -0.15) is 11.8 Å². The van der Waals surface area contributed by atoms with E-state index in [4.69, 9.17) is 9.47 Å². The van der Waals surface area contributed by atoms with Crippen molar-refractivity contribution in [2.24, 2.45) is 0 Å². The van der Waals surface area contributed by atoms with Crippen molar-refractivity contribution in [3.05, 3.63) is 0 Å². The summed E-state index contributed by atoms with van der Waals surface area (Å²) in [5, 5.41) is 10.3. The minimum atomic E-state index is -0.355. The topological polar surface area (TPSA) is 41.9 Å². The number of aliphatic hydroxyl groups excluding tert-OH is 1. The summed E-state index contributed by atoms with van der Waals surface area (Å²) >= 11 is 2.18. The first kappa shape index (κ1) is 17.0. The molecule has 1 unspecified atom stereocenters. The van der Waals surface area contributed by atoms with Crippen LogP contribution in [0.5, 0.6) is 0 Å². The van der Waals surface area contributed by atoms with Gasteiger partial charge in [0.05, 0.1) is 18.8 Å². The molecule has 2 saturated heterocycles. The van der Waals surface area contributed by atoms with Crippen molar-refractivity contribution in [3.8, 4) is 0 Å². The van der Waals surface area contributed by atoms with Crippen molar-refractivity contribution in [2.45, 2.75) is 61.9 Å². The fraction of sp³-hybridized carbons (Fsp3) is 1.00. The molecule has 3 aliphatic rings. The molecule has 128 valence electrons. The van der Waals surface area contributed by atoms with Crippen LogP contribution in [0, 0.1) is 0 Å². The van der Waals surface area contributed by atoms with E-state index in [1.54, 1.807) is 0 Å². The number of nitrogens with zero attached hydrogens (tertiary/aromatic N) is 1. The first-order valence-corrected chi connectivity index (χ1v) is 9.98. The molecule has 5 heteroatoms.